The van der Waals surface area contributed by atoms with Gasteiger partial charge in [-0.15, -0.1) is 11.8 Å². The van der Waals surface area contributed by atoms with E-state index in [0.29, 0.717) is 5.69 Å². The lowest BCUT2D eigenvalue weighted by molar-refractivity contribution is -0.116. The third-order valence-electron chi connectivity index (χ3n) is 3.20. The number of aromatic nitrogens is 1. The van der Waals surface area contributed by atoms with E-state index in [9.17, 15) is 9.59 Å². The summed E-state index contributed by atoms with van der Waals surface area (Å²) in [4.78, 5) is 24.9. The molecule has 116 valence electrons. The molecule has 2 rings (SSSR count). The van der Waals surface area contributed by atoms with Crippen molar-refractivity contribution in [3.63, 3.8) is 0 Å². The minimum atomic E-state index is -0.190. The lowest BCUT2D eigenvalue weighted by atomic mass is 10.3. The maximum absolute atomic E-state index is 12.2. The van der Waals surface area contributed by atoms with Gasteiger partial charge in [-0.05, 0) is 31.4 Å². The van der Waals surface area contributed by atoms with Gasteiger partial charge in [0.15, 0.2) is 5.75 Å². The van der Waals surface area contributed by atoms with Crippen molar-refractivity contribution in [3.05, 3.63) is 52.4 Å². The fourth-order valence-corrected chi connectivity index (χ4v) is 2.49. The average molecular weight is 318 g/mol. The highest BCUT2D eigenvalue weighted by atomic mass is 32.2. The zero-order chi connectivity index (χ0) is 16.1. The quantitative estimate of drug-likeness (QED) is 0.861. The van der Waals surface area contributed by atoms with E-state index < -0.39 is 0 Å². The number of amides is 1. The summed E-state index contributed by atoms with van der Waals surface area (Å²) in [6.07, 6.45) is 3.53. The number of anilines is 1. The summed E-state index contributed by atoms with van der Waals surface area (Å²) in [5, 5.41) is 2.85. The molecule has 1 aromatic carbocycles. The number of carbonyl (C=O) groups excluding carboxylic acids is 1. The molecule has 5 nitrogen and oxygen atoms in total. The lowest BCUT2D eigenvalue weighted by Gasteiger charge is -2.12. The largest absolute Gasteiger partial charge is 0.491 e. The summed E-state index contributed by atoms with van der Waals surface area (Å²) in [6, 6.07) is 9.10. The number of benzene rings is 1. The van der Waals surface area contributed by atoms with Gasteiger partial charge in [0.2, 0.25) is 11.3 Å². The molecule has 22 heavy (non-hydrogen) atoms. The van der Waals surface area contributed by atoms with Gasteiger partial charge < -0.3 is 14.6 Å². The van der Waals surface area contributed by atoms with E-state index in [-0.39, 0.29) is 23.6 Å². The van der Waals surface area contributed by atoms with E-state index in [0.717, 1.165) is 10.6 Å². The Labute approximate surface area is 133 Å². The highest BCUT2D eigenvalue weighted by Crippen LogP contribution is 2.19. The van der Waals surface area contributed by atoms with Crippen molar-refractivity contribution in [3.8, 4) is 5.75 Å². The zero-order valence-corrected chi connectivity index (χ0v) is 13.6. The second-order valence-corrected chi connectivity index (χ2v) is 5.64. The van der Waals surface area contributed by atoms with Gasteiger partial charge in [-0.1, -0.05) is 6.07 Å². The molecule has 0 unspecified atom stereocenters. The Bertz CT molecular complexity index is 740. The average Bonchev–Trinajstić information content (AvgIpc) is 2.50. The number of nitrogens with zero attached hydrogens (tertiary/aromatic N) is 1. The number of hydrogen-bond acceptors (Lipinski definition) is 4. The van der Waals surface area contributed by atoms with Crippen molar-refractivity contribution in [2.75, 3.05) is 18.7 Å². The summed E-state index contributed by atoms with van der Waals surface area (Å²) in [6.45, 7) is 1.90. The van der Waals surface area contributed by atoms with Crippen LogP contribution in [0.5, 0.6) is 5.75 Å². The van der Waals surface area contributed by atoms with Crippen molar-refractivity contribution in [2.45, 2.75) is 18.4 Å². The predicted octanol–water partition coefficient (Wildman–Crippen LogP) is 2.53. The van der Waals surface area contributed by atoms with Gasteiger partial charge in [-0.2, -0.15) is 0 Å². The van der Waals surface area contributed by atoms with Gasteiger partial charge in [0.25, 0.3) is 0 Å². The number of methoxy groups -OCH3 is 1. The predicted molar refractivity (Wildman–Crippen MR) is 88.8 cm³/mol. The number of hydrogen-bond donors (Lipinski definition) is 1. The zero-order valence-electron chi connectivity index (χ0n) is 12.8. The first-order chi connectivity index (χ1) is 10.5. The smallest absolute Gasteiger partial charge is 0.244 e. The number of rotatable bonds is 5. The van der Waals surface area contributed by atoms with Crippen molar-refractivity contribution < 1.29 is 9.53 Å². The molecule has 0 saturated heterocycles. The minimum Gasteiger partial charge on any atom is -0.491 e. The lowest BCUT2D eigenvalue weighted by Crippen LogP contribution is -2.21. The molecule has 2 aromatic rings. The van der Waals surface area contributed by atoms with Crippen molar-refractivity contribution in [1.29, 1.82) is 0 Å². The first kappa shape index (κ1) is 16.2. The summed E-state index contributed by atoms with van der Waals surface area (Å²) >= 11 is 1.62. The van der Waals surface area contributed by atoms with Gasteiger partial charge in [-0.25, -0.2) is 0 Å². The highest BCUT2D eigenvalue weighted by Gasteiger charge is 2.08. The standard InChI is InChI=1S/C16H18N2O3S/c1-11-7-14(19)15(21-2)9-18(11)10-16(20)17-12-5-4-6-13(8-12)22-3/h4-9H,10H2,1-3H3,(H,17,20). The summed E-state index contributed by atoms with van der Waals surface area (Å²) in [5.74, 6) is 0.0647. The molecule has 0 fully saturated rings. The Morgan fingerprint density at radius 2 is 2.14 bits per heavy atom. The van der Waals surface area contributed by atoms with Crippen LogP contribution in [-0.2, 0) is 11.3 Å². The minimum absolute atomic E-state index is 0.117. The molecule has 0 aliphatic rings. The number of carbonyl (C=O) groups is 1. The van der Waals surface area contributed by atoms with E-state index in [2.05, 4.69) is 5.32 Å². The number of pyridine rings is 1. The first-order valence-corrected chi connectivity index (χ1v) is 7.95. The Morgan fingerprint density at radius 3 is 2.82 bits per heavy atom. The molecule has 0 spiro atoms. The van der Waals surface area contributed by atoms with Crippen LogP contribution in [0.1, 0.15) is 5.69 Å². The van der Waals surface area contributed by atoms with E-state index in [1.54, 1.807) is 29.4 Å². The van der Waals surface area contributed by atoms with Crippen molar-refractivity contribution in [2.24, 2.45) is 0 Å². The molecule has 0 saturated carbocycles. The van der Waals surface area contributed by atoms with Gasteiger partial charge in [0, 0.05) is 22.3 Å². The van der Waals surface area contributed by atoms with Crippen LogP contribution >= 0.6 is 11.8 Å². The molecule has 0 aliphatic carbocycles. The molecular weight excluding hydrogens is 300 g/mol. The topological polar surface area (TPSA) is 60.3 Å². The Morgan fingerprint density at radius 1 is 1.36 bits per heavy atom. The van der Waals surface area contributed by atoms with Crippen LogP contribution < -0.4 is 15.5 Å². The van der Waals surface area contributed by atoms with Gasteiger partial charge in [0.1, 0.15) is 6.54 Å². The fourth-order valence-electron chi connectivity index (χ4n) is 2.03. The fraction of sp³-hybridized carbons (Fsp3) is 0.250. The third-order valence-corrected chi connectivity index (χ3v) is 3.92. The van der Waals surface area contributed by atoms with E-state index in [1.165, 1.54) is 13.2 Å². The Kier molecular flexibility index (Phi) is 5.27. The first-order valence-electron chi connectivity index (χ1n) is 6.72. The van der Waals surface area contributed by atoms with Crippen molar-refractivity contribution >= 4 is 23.4 Å². The molecule has 1 heterocycles. The number of aryl methyl sites for hydroxylation is 1. The SMILES string of the molecule is COc1cn(CC(=O)Nc2cccc(SC)c2)c(C)cc1=O. The molecule has 0 bridgehead atoms. The van der Waals surface area contributed by atoms with E-state index >= 15 is 0 Å². The summed E-state index contributed by atoms with van der Waals surface area (Å²) in [7, 11) is 1.43. The summed E-state index contributed by atoms with van der Waals surface area (Å²) < 4.78 is 6.69. The molecule has 0 radical (unpaired) electrons. The molecular formula is C16H18N2O3S. The van der Waals surface area contributed by atoms with Crippen LogP contribution in [0.25, 0.3) is 0 Å². The number of thioether (sulfide) groups is 1. The maximum Gasteiger partial charge on any atom is 0.244 e. The molecule has 0 atom stereocenters. The molecule has 1 aromatic heterocycles. The van der Waals surface area contributed by atoms with Gasteiger partial charge >= 0.3 is 0 Å². The second-order valence-electron chi connectivity index (χ2n) is 4.76. The number of nitrogens with one attached hydrogen (secondary N) is 1. The van der Waals surface area contributed by atoms with Crippen LogP contribution in [0, 0.1) is 6.92 Å². The van der Waals surface area contributed by atoms with Gasteiger partial charge in [-0.3, -0.25) is 9.59 Å². The second kappa shape index (κ2) is 7.17. The maximum atomic E-state index is 12.2. The number of ether oxygens (including phenoxy) is 1. The van der Waals surface area contributed by atoms with Crippen LogP contribution in [0.2, 0.25) is 0 Å². The molecule has 1 amide bonds. The van der Waals surface area contributed by atoms with Crippen LogP contribution in [0.3, 0.4) is 0 Å². The molecule has 1 N–H and O–H groups in total. The molecule has 6 heteroatoms. The molecule has 0 aliphatic heterocycles. The van der Waals surface area contributed by atoms with Gasteiger partial charge in [0.05, 0.1) is 13.3 Å². The monoisotopic (exact) mass is 318 g/mol. The normalized spacial score (nSPS) is 10.3. The van der Waals surface area contributed by atoms with Crippen molar-refractivity contribution in [1.82, 2.24) is 4.57 Å². The van der Waals surface area contributed by atoms with E-state index in [4.69, 9.17) is 4.74 Å². The van der Waals surface area contributed by atoms with E-state index in [1.807, 2.05) is 30.5 Å². The van der Waals surface area contributed by atoms with Crippen LogP contribution in [0.15, 0.2) is 46.2 Å². The third kappa shape index (κ3) is 3.92. The highest BCUT2D eigenvalue weighted by molar-refractivity contribution is 7.98. The summed E-state index contributed by atoms with van der Waals surface area (Å²) in [5.41, 5.74) is 1.27. The Hall–Kier alpha value is -2.21. The Balaban J connectivity index is 2.13. The van der Waals surface area contributed by atoms with Crippen LogP contribution in [-0.4, -0.2) is 23.8 Å². The van der Waals surface area contributed by atoms with Crippen LogP contribution in [0.4, 0.5) is 5.69 Å².